The molecule has 0 N–H and O–H groups in total. The third-order valence-electron chi connectivity index (χ3n) is 23.2. The van der Waals surface area contributed by atoms with E-state index < -0.39 is 0 Å². The third kappa shape index (κ3) is 9.66. The summed E-state index contributed by atoms with van der Waals surface area (Å²) in [6.45, 7) is 9.49. The van der Waals surface area contributed by atoms with Crippen LogP contribution in [0, 0.1) is 0 Å². The van der Waals surface area contributed by atoms with Gasteiger partial charge in [0.05, 0.1) is 0 Å². The summed E-state index contributed by atoms with van der Waals surface area (Å²) in [7, 11) is 0. The van der Waals surface area contributed by atoms with Crippen LogP contribution >= 0.6 is 22.7 Å². The molecule has 0 bridgehead atoms. The minimum absolute atomic E-state index is 0.126. The largest absolute Gasteiger partial charge is 0.310 e. The van der Waals surface area contributed by atoms with E-state index in [0.29, 0.717) is 0 Å². The molecule has 0 atom stereocenters. The van der Waals surface area contributed by atoms with Crippen molar-refractivity contribution in [3.05, 3.63) is 355 Å². The zero-order chi connectivity index (χ0) is 69.1. The Morgan fingerprint density at radius 3 is 1.36 bits per heavy atom. The highest BCUT2D eigenvalue weighted by Crippen LogP contribution is 2.54. The number of thiophene rings is 2. The number of hydrogen-bond acceptors (Lipinski definition) is 4. The van der Waals surface area contributed by atoms with Crippen molar-refractivity contribution in [2.75, 3.05) is 9.80 Å². The average Bonchev–Trinajstić information content (AvgIpc) is 1.59. The smallest absolute Gasteiger partial charge is 0.0468 e. The molecule has 0 aliphatic heterocycles. The lowest BCUT2D eigenvalue weighted by Gasteiger charge is -2.29. The van der Waals surface area contributed by atoms with Crippen LogP contribution in [0.25, 0.3) is 145 Å². The molecule has 0 radical (unpaired) electrons. The first-order valence-corrected chi connectivity index (χ1v) is 38.1. The molecule has 492 valence electrons. The molecule has 104 heavy (non-hydrogen) atoms. The normalized spacial score (nSPS) is 13.8. The van der Waals surface area contributed by atoms with Crippen molar-refractivity contribution in [1.82, 2.24) is 0 Å². The summed E-state index contributed by atoms with van der Waals surface area (Å²) in [6.07, 6.45) is 6.73. The molecule has 2 nitrogen and oxygen atoms in total. The molecule has 21 rings (SSSR count). The summed E-state index contributed by atoms with van der Waals surface area (Å²) in [5, 5.41) is 12.8. The van der Waals surface area contributed by atoms with Crippen molar-refractivity contribution in [2.24, 2.45) is 0 Å². The van der Waals surface area contributed by atoms with Crippen LogP contribution in [0.4, 0.5) is 34.1 Å². The molecule has 16 aromatic carbocycles. The van der Waals surface area contributed by atoms with E-state index in [1.807, 2.05) is 22.7 Å². The highest BCUT2D eigenvalue weighted by molar-refractivity contribution is 7.26. The van der Waals surface area contributed by atoms with Crippen LogP contribution in [-0.4, -0.2) is 0 Å². The van der Waals surface area contributed by atoms with Crippen LogP contribution in [0.1, 0.15) is 67.5 Å². The molecule has 0 spiro atoms. The second-order valence-electron chi connectivity index (χ2n) is 29.9. The summed E-state index contributed by atoms with van der Waals surface area (Å²) < 4.78 is 5.25. The maximum Gasteiger partial charge on any atom is 0.0468 e. The molecule has 0 saturated heterocycles. The molecule has 3 aliphatic carbocycles. The van der Waals surface area contributed by atoms with E-state index in [9.17, 15) is 0 Å². The topological polar surface area (TPSA) is 6.48 Å². The first-order chi connectivity index (χ1) is 51.0. The Labute approximate surface area is 614 Å². The van der Waals surface area contributed by atoms with Gasteiger partial charge in [-0.05, 0) is 261 Å². The highest BCUT2D eigenvalue weighted by atomic mass is 32.1. The number of anilines is 6. The van der Waals surface area contributed by atoms with E-state index in [-0.39, 0.29) is 10.8 Å². The summed E-state index contributed by atoms with van der Waals surface area (Å²) in [5.74, 6) is 0. The van der Waals surface area contributed by atoms with Gasteiger partial charge in [0.2, 0.25) is 0 Å². The quantitative estimate of drug-likeness (QED) is 0.135. The fraction of sp³-hybridized carbons (Fsp3) is 0.0800. The van der Waals surface area contributed by atoms with Crippen LogP contribution in [0.2, 0.25) is 0 Å². The van der Waals surface area contributed by atoms with Crippen LogP contribution in [0.5, 0.6) is 0 Å². The van der Waals surface area contributed by atoms with Crippen molar-refractivity contribution in [3.63, 3.8) is 0 Å². The number of benzene rings is 16. The Kier molecular flexibility index (Phi) is 13.6. The average molecular weight is 1360 g/mol. The summed E-state index contributed by atoms with van der Waals surface area (Å²) in [5.41, 5.74) is 29.7. The molecule has 18 aromatic rings. The van der Waals surface area contributed by atoms with E-state index in [1.54, 1.807) is 0 Å². The van der Waals surface area contributed by atoms with E-state index in [2.05, 4.69) is 365 Å². The molecule has 4 heteroatoms. The molecule has 0 unspecified atom stereocenters. The number of hydrogen-bond donors (Lipinski definition) is 0. The Bertz CT molecular complexity index is 6690. The third-order valence-corrected chi connectivity index (χ3v) is 25.5. The van der Waals surface area contributed by atoms with Gasteiger partial charge in [0.15, 0.2) is 0 Å². The van der Waals surface area contributed by atoms with Crippen LogP contribution in [0.15, 0.2) is 322 Å². The summed E-state index contributed by atoms with van der Waals surface area (Å²) in [6, 6.07) is 120. The molecule has 0 fully saturated rings. The van der Waals surface area contributed by atoms with Gasteiger partial charge in [-0.3, -0.25) is 0 Å². The number of allylic oxidation sites excluding steroid dienone is 1. The lowest BCUT2D eigenvalue weighted by Crippen LogP contribution is -2.16. The Hall–Kier alpha value is -11.9. The molecule has 3 aliphatic rings. The van der Waals surface area contributed by atoms with Gasteiger partial charge in [-0.2, -0.15) is 0 Å². The van der Waals surface area contributed by atoms with Crippen molar-refractivity contribution >= 4 is 136 Å². The zero-order valence-corrected chi connectivity index (χ0v) is 59.9. The van der Waals surface area contributed by atoms with Crippen LogP contribution in [-0.2, 0) is 17.3 Å². The second-order valence-corrected chi connectivity index (χ2v) is 32.0. The first-order valence-electron chi connectivity index (χ1n) is 36.5. The van der Waals surface area contributed by atoms with Crippen molar-refractivity contribution in [1.29, 1.82) is 0 Å². The fourth-order valence-electron chi connectivity index (χ4n) is 17.9. The van der Waals surface area contributed by atoms with E-state index in [1.165, 1.54) is 173 Å². The van der Waals surface area contributed by atoms with Gasteiger partial charge < -0.3 is 9.80 Å². The van der Waals surface area contributed by atoms with E-state index in [0.717, 1.165) is 47.0 Å². The second kappa shape index (κ2) is 23.3. The van der Waals surface area contributed by atoms with Gasteiger partial charge in [-0.15, -0.1) is 22.7 Å². The minimum Gasteiger partial charge on any atom is -0.310 e. The lowest BCUT2D eigenvalue weighted by atomic mass is 9.82. The monoisotopic (exact) mass is 1360 g/mol. The number of fused-ring (bicyclic) bond motifs is 18. The predicted octanol–water partition coefficient (Wildman–Crippen LogP) is 29.1. The lowest BCUT2D eigenvalue weighted by molar-refractivity contribution is 0.660. The number of rotatable bonds is 10. The number of aryl methyl sites for hydroxylation is 1. The molecule has 2 heterocycles. The maximum absolute atomic E-state index is 2.47. The van der Waals surface area contributed by atoms with Crippen molar-refractivity contribution in [3.8, 4) is 66.8 Å². The standard InChI is InChI=1S/C100H70N2S2/c1-99(2)89-24-10-7-21-83(89)85-47-42-79(59-91(85)99)101(76-19-13-17-64(55-76)67-28-27-61-15-5-6-16-63(61)51-67)75-39-33-62(34-40-75)66-35-44-81-73(54-66)37-49-95-98(81)88-45-36-72(58-96(88)104-95)71-32-31-69-52-68(29-30-70(69)53-71)65-18-14-20-77(56-65)102(80-43-48-86-84-22-8-11-25-90(84)100(3,4)92(86)60-80)78-41-46-82-74(57-78)38-50-94-97(82)87-23-9-12-26-93(87)103-94/h5,7-15,17-60H,6,16H2,1-4H3. The van der Waals surface area contributed by atoms with Crippen LogP contribution in [0.3, 0.4) is 0 Å². The van der Waals surface area contributed by atoms with Crippen molar-refractivity contribution in [2.45, 2.75) is 51.4 Å². The molecular formula is C100H70N2S2. The maximum atomic E-state index is 2.47. The number of nitrogens with zero attached hydrogens (tertiary/aromatic N) is 2. The molecule has 0 amide bonds. The first kappa shape index (κ1) is 60.8. The molecule has 0 saturated carbocycles. The molecular weight excluding hydrogens is 1290 g/mol. The Balaban J connectivity index is 0.580. The minimum atomic E-state index is -0.138. The zero-order valence-electron chi connectivity index (χ0n) is 58.3. The van der Waals surface area contributed by atoms with Crippen LogP contribution < -0.4 is 9.80 Å². The van der Waals surface area contributed by atoms with Gasteiger partial charge in [-0.25, -0.2) is 0 Å². The SMILES string of the molecule is CC1(C)c2ccccc2-c2ccc(N(c3ccc(-c4ccc5c(ccc6sc7cc(-c8ccc9cc(-c%10cccc(N(c%11ccc%12c(c%11)C(C)(C)c%11ccccc%11-%12)c%11ccc%12c(ccc%13sc%14ccccc%14c%13%12)c%11)c%10)ccc9c8)ccc7c65)c4)cc3)c3cccc(-c4ccc5c(c4)CCC=C5)c3)cc21. The van der Waals surface area contributed by atoms with Gasteiger partial charge >= 0.3 is 0 Å². The highest BCUT2D eigenvalue weighted by Gasteiger charge is 2.38. The Morgan fingerprint density at radius 1 is 0.269 bits per heavy atom. The van der Waals surface area contributed by atoms with E-state index >= 15 is 0 Å². The van der Waals surface area contributed by atoms with Gasteiger partial charge in [0, 0.05) is 85.3 Å². The predicted molar refractivity (Wildman–Crippen MR) is 448 cm³/mol. The van der Waals surface area contributed by atoms with Gasteiger partial charge in [-0.1, -0.05) is 240 Å². The van der Waals surface area contributed by atoms with Crippen molar-refractivity contribution < 1.29 is 0 Å². The molecule has 2 aromatic heterocycles. The van der Waals surface area contributed by atoms with Gasteiger partial charge in [0.1, 0.15) is 0 Å². The van der Waals surface area contributed by atoms with E-state index in [4.69, 9.17) is 0 Å². The fourth-order valence-corrected chi connectivity index (χ4v) is 20.2. The summed E-state index contributed by atoms with van der Waals surface area (Å²) >= 11 is 3.77. The Morgan fingerprint density at radius 2 is 0.702 bits per heavy atom. The summed E-state index contributed by atoms with van der Waals surface area (Å²) in [4.78, 5) is 4.92. The van der Waals surface area contributed by atoms with Gasteiger partial charge in [0.25, 0.3) is 0 Å².